The van der Waals surface area contributed by atoms with Crippen LogP contribution in [0.25, 0.3) is 11.0 Å². The summed E-state index contributed by atoms with van der Waals surface area (Å²) in [6, 6.07) is 2.05. The lowest BCUT2D eigenvalue weighted by Gasteiger charge is -2.24. The van der Waals surface area contributed by atoms with E-state index in [4.69, 9.17) is 14.8 Å². The maximum absolute atomic E-state index is 11.1. The van der Waals surface area contributed by atoms with Crippen molar-refractivity contribution >= 4 is 28.8 Å². The molecule has 2 N–H and O–H groups in total. The molecule has 0 radical (unpaired) electrons. The van der Waals surface area contributed by atoms with E-state index in [9.17, 15) is 4.79 Å². The van der Waals surface area contributed by atoms with Crippen molar-refractivity contribution < 1.29 is 14.6 Å². The highest BCUT2D eigenvalue weighted by molar-refractivity contribution is 5.82. The van der Waals surface area contributed by atoms with E-state index < -0.39 is 5.97 Å². The van der Waals surface area contributed by atoms with Crippen LogP contribution in [0.15, 0.2) is 18.5 Å². The summed E-state index contributed by atoms with van der Waals surface area (Å²) in [5, 5.41) is 17.7. The molecule has 10 nitrogen and oxygen atoms in total. The third kappa shape index (κ3) is 4.76. The molecule has 160 valence electrons. The minimum atomic E-state index is -0.839. The van der Waals surface area contributed by atoms with Gasteiger partial charge in [-0.15, -0.1) is 0 Å². The number of rotatable bonds is 10. The summed E-state index contributed by atoms with van der Waals surface area (Å²) in [6.45, 7) is 7.82. The highest BCUT2D eigenvalue weighted by atomic mass is 16.5. The molecule has 0 saturated heterocycles. The van der Waals surface area contributed by atoms with Crippen LogP contribution < -0.4 is 15.0 Å². The number of aromatic nitrogens is 5. The van der Waals surface area contributed by atoms with Crippen LogP contribution in [0.2, 0.25) is 0 Å². The fraction of sp³-hybridized carbons (Fsp3) is 0.450. The molecule has 0 amide bonds. The average Bonchev–Trinajstić information content (AvgIpc) is 3.00. The Hall–Kier alpha value is -3.43. The van der Waals surface area contributed by atoms with Crippen molar-refractivity contribution in [3.63, 3.8) is 0 Å². The Kier molecular flexibility index (Phi) is 6.65. The first-order valence-corrected chi connectivity index (χ1v) is 9.91. The molecule has 0 bridgehead atoms. The molecule has 10 heteroatoms. The number of hydrogen-bond donors (Lipinski definition) is 2. The van der Waals surface area contributed by atoms with Crippen molar-refractivity contribution in [1.29, 1.82) is 0 Å². The van der Waals surface area contributed by atoms with E-state index in [1.807, 2.05) is 38.8 Å². The molecule has 3 rings (SSSR count). The number of carboxylic acids is 1. The molecule has 0 aliphatic carbocycles. The zero-order valence-corrected chi connectivity index (χ0v) is 17.7. The second kappa shape index (κ2) is 9.38. The van der Waals surface area contributed by atoms with Crippen molar-refractivity contribution in [1.82, 2.24) is 24.7 Å². The van der Waals surface area contributed by atoms with Gasteiger partial charge in [-0.2, -0.15) is 5.10 Å². The predicted molar refractivity (Wildman–Crippen MR) is 114 cm³/mol. The van der Waals surface area contributed by atoms with Crippen LogP contribution in [0.3, 0.4) is 0 Å². The number of carbonyl (C=O) groups is 1. The maximum Gasteiger partial charge on any atom is 0.305 e. The SMILES string of the molecule is CCOc1cnc(NCc2cc3c(C)nn(C)c3nc2N(CC)CCC(=O)O)nc1. The van der Waals surface area contributed by atoms with Crippen molar-refractivity contribution in [3.8, 4) is 5.75 Å². The standard InChI is InChI=1S/C20H27N7O3/c1-5-27(8-7-17(28)29)18-14(9-16-13(3)25-26(4)19(16)24-18)10-21-20-22-11-15(12-23-20)30-6-2/h9,11-12H,5-8,10H2,1-4H3,(H,28,29)(H,21,22,23). The fourth-order valence-electron chi connectivity index (χ4n) is 3.25. The molecular formula is C20H27N7O3. The number of fused-ring (bicyclic) bond motifs is 1. The third-order valence-electron chi connectivity index (χ3n) is 4.71. The van der Waals surface area contributed by atoms with Crippen LogP contribution >= 0.6 is 0 Å². The number of ether oxygens (including phenoxy) is 1. The Morgan fingerprint density at radius 1 is 1.30 bits per heavy atom. The summed E-state index contributed by atoms with van der Waals surface area (Å²) < 4.78 is 7.11. The van der Waals surface area contributed by atoms with Crippen LogP contribution in [0.1, 0.15) is 31.5 Å². The summed E-state index contributed by atoms with van der Waals surface area (Å²) in [5.41, 5.74) is 2.57. The number of anilines is 2. The molecule has 3 aromatic rings. The molecule has 0 unspecified atom stereocenters. The van der Waals surface area contributed by atoms with E-state index in [0.29, 0.717) is 37.9 Å². The van der Waals surface area contributed by atoms with E-state index in [0.717, 1.165) is 28.1 Å². The van der Waals surface area contributed by atoms with Crippen molar-refractivity contribution in [2.24, 2.45) is 7.05 Å². The van der Waals surface area contributed by atoms with Gasteiger partial charge in [-0.05, 0) is 26.8 Å². The molecule has 3 heterocycles. The van der Waals surface area contributed by atoms with E-state index in [1.165, 1.54) is 0 Å². The van der Waals surface area contributed by atoms with Gasteiger partial charge >= 0.3 is 5.97 Å². The molecule has 30 heavy (non-hydrogen) atoms. The van der Waals surface area contributed by atoms with Crippen LogP contribution in [0.5, 0.6) is 5.75 Å². The van der Waals surface area contributed by atoms with Gasteiger partial charge in [-0.3, -0.25) is 9.48 Å². The number of nitrogens with one attached hydrogen (secondary N) is 1. The normalized spacial score (nSPS) is 10.9. The highest BCUT2D eigenvalue weighted by Gasteiger charge is 2.18. The van der Waals surface area contributed by atoms with Gasteiger partial charge in [-0.25, -0.2) is 15.0 Å². The van der Waals surface area contributed by atoms with E-state index in [-0.39, 0.29) is 6.42 Å². The monoisotopic (exact) mass is 413 g/mol. The largest absolute Gasteiger partial charge is 0.491 e. The first kappa shape index (κ1) is 21.3. The van der Waals surface area contributed by atoms with Gasteiger partial charge in [-0.1, -0.05) is 0 Å². The molecule has 0 aliphatic rings. The molecule has 0 spiro atoms. The molecule has 0 saturated carbocycles. The van der Waals surface area contributed by atoms with Gasteiger partial charge in [0.1, 0.15) is 5.82 Å². The molecule has 0 fully saturated rings. The van der Waals surface area contributed by atoms with Crippen molar-refractivity contribution in [2.45, 2.75) is 33.7 Å². The second-order valence-electron chi connectivity index (χ2n) is 6.80. The second-order valence-corrected chi connectivity index (χ2v) is 6.80. The predicted octanol–water partition coefficient (Wildman–Crippen LogP) is 2.38. The highest BCUT2D eigenvalue weighted by Crippen LogP contribution is 2.26. The van der Waals surface area contributed by atoms with E-state index in [1.54, 1.807) is 17.1 Å². The van der Waals surface area contributed by atoms with Crippen molar-refractivity contribution in [2.75, 3.05) is 29.9 Å². The van der Waals surface area contributed by atoms with Crippen LogP contribution in [-0.2, 0) is 18.4 Å². The Bertz CT molecular complexity index is 1020. The first-order chi connectivity index (χ1) is 14.4. The Morgan fingerprint density at radius 3 is 2.67 bits per heavy atom. The number of carboxylic acid groups (broad SMARTS) is 1. The Balaban J connectivity index is 1.91. The maximum atomic E-state index is 11.1. The van der Waals surface area contributed by atoms with Gasteiger partial charge in [0.15, 0.2) is 11.4 Å². The molecule has 3 aromatic heterocycles. The van der Waals surface area contributed by atoms with Gasteiger partial charge < -0.3 is 20.1 Å². The van der Waals surface area contributed by atoms with Crippen LogP contribution in [-0.4, -0.2) is 55.5 Å². The summed E-state index contributed by atoms with van der Waals surface area (Å²) in [6.07, 6.45) is 3.28. The number of aliphatic carboxylic acids is 1. The Morgan fingerprint density at radius 2 is 2.03 bits per heavy atom. The topological polar surface area (TPSA) is 118 Å². The zero-order chi connectivity index (χ0) is 21.7. The smallest absolute Gasteiger partial charge is 0.305 e. The summed E-state index contributed by atoms with van der Waals surface area (Å²) in [7, 11) is 1.85. The van der Waals surface area contributed by atoms with Gasteiger partial charge in [0.05, 0.1) is 31.1 Å². The molecule has 0 atom stereocenters. The van der Waals surface area contributed by atoms with Crippen LogP contribution in [0, 0.1) is 6.92 Å². The number of pyridine rings is 1. The quantitative estimate of drug-likeness (QED) is 0.516. The number of aryl methyl sites for hydroxylation is 2. The van der Waals surface area contributed by atoms with Gasteiger partial charge in [0, 0.05) is 37.6 Å². The minimum absolute atomic E-state index is 0.0346. The minimum Gasteiger partial charge on any atom is -0.491 e. The third-order valence-corrected chi connectivity index (χ3v) is 4.71. The van der Waals surface area contributed by atoms with E-state index in [2.05, 4.69) is 20.4 Å². The zero-order valence-electron chi connectivity index (χ0n) is 17.7. The number of hydrogen-bond acceptors (Lipinski definition) is 8. The summed E-state index contributed by atoms with van der Waals surface area (Å²) in [5.74, 6) is 0.977. The molecule has 0 aliphatic heterocycles. The number of nitrogens with zero attached hydrogens (tertiary/aromatic N) is 6. The van der Waals surface area contributed by atoms with Crippen LogP contribution in [0.4, 0.5) is 11.8 Å². The fourth-order valence-corrected chi connectivity index (χ4v) is 3.25. The van der Waals surface area contributed by atoms with E-state index >= 15 is 0 Å². The Labute approximate surface area is 174 Å². The molecule has 0 aromatic carbocycles. The lowest BCUT2D eigenvalue weighted by Crippen LogP contribution is -2.28. The lowest BCUT2D eigenvalue weighted by molar-refractivity contribution is -0.136. The van der Waals surface area contributed by atoms with Gasteiger partial charge in [0.2, 0.25) is 5.95 Å². The first-order valence-electron chi connectivity index (χ1n) is 9.91. The van der Waals surface area contributed by atoms with Gasteiger partial charge in [0.25, 0.3) is 0 Å². The summed E-state index contributed by atoms with van der Waals surface area (Å²) >= 11 is 0. The average molecular weight is 413 g/mol. The lowest BCUT2D eigenvalue weighted by atomic mass is 10.1. The van der Waals surface area contributed by atoms with Crippen molar-refractivity contribution in [3.05, 3.63) is 29.7 Å². The summed E-state index contributed by atoms with van der Waals surface area (Å²) in [4.78, 5) is 26.4. The molecular weight excluding hydrogens is 386 g/mol.